The number of carbonyl (C=O) groups excluding carboxylic acids is 1. The smallest absolute Gasteiger partial charge is 0.275 e. The normalized spacial score (nSPS) is 10.7. The summed E-state index contributed by atoms with van der Waals surface area (Å²) in [5.41, 5.74) is 5.73. The van der Waals surface area contributed by atoms with Gasteiger partial charge >= 0.3 is 0 Å². The van der Waals surface area contributed by atoms with Crippen molar-refractivity contribution in [2.45, 2.75) is 13.5 Å². The number of benzene rings is 3. The first kappa shape index (κ1) is 22.4. The Bertz CT molecular complexity index is 1080. The molecule has 0 bridgehead atoms. The first-order chi connectivity index (χ1) is 15.0. The van der Waals surface area contributed by atoms with Crippen LogP contribution in [0.15, 0.2) is 70.2 Å². The molecule has 3 aromatic carbocycles. The fourth-order valence-corrected chi connectivity index (χ4v) is 3.10. The fraction of sp³-hybridized carbons (Fsp3) is 0.167. The summed E-state index contributed by atoms with van der Waals surface area (Å²) >= 11 is 3.42. The molecule has 0 aliphatic rings. The molecular formula is C24H23BrN2O4. The van der Waals surface area contributed by atoms with Gasteiger partial charge in [-0.2, -0.15) is 5.10 Å². The second kappa shape index (κ2) is 10.6. The summed E-state index contributed by atoms with van der Waals surface area (Å²) in [4.78, 5) is 12.4. The zero-order chi connectivity index (χ0) is 22.2. The average molecular weight is 483 g/mol. The Morgan fingerprint density at radius 3 is 2.42 bits per heavy atom. The lowest BCUT2D eigenvalue weighted by Crippen LogP contribution is -2.18. The third-order valence-corrected chi connectivity index (χ3v) is 5.01. The van der Waals surface area contributed by atoms with Gasteiger partial charge in [-0.1, -0.05) is 34.1 Å². The molecule has 0 atom stereocenters. The van der Waals surface area contributed by atoms with Crippen LogP contribution in [0, 0.1) is 6.92 Å². The summed E-state index contributed by atoms with van der Waals surface area (Å²) in [6, 6.07) is 18.7. The van der Waals surface area contributed by atoms with Crippen molar-refractivity contribution in [2.75, 3.05) is 14.2 Å². The topological polar surface area (TPSA) is 69.2 Å². The van der Waals surface area contributed by atoms with Gasteiger partial charge in [-0.25, -0.2) is 5.43 Å². The minimum absolute atomic E-state index is 0.353. The summed E-state index contributed by atoms with van der Waals surface area (Å²) in [5.74, 6) is 1.35. The Morgan fingerprint density at radius 2 is 1.71 bits per heavy atom. The third-order valence-electron chi connectivity index (χ3n) is 4.48. The van der Waals surface area contributed by atoms with E-state index in [0.29, 0.717) is 29.4 Å². The summed E-state index contributed by atoms with van der Waals surface area (Å²) in [5, 5.41) is 4.06. The predicted molar refractivity (Wildman–Crippen MR) is 124 cm³/mol. The highest BCUT2D eigenvalue weighted by Gasteiger charge is 2.11. The fourth-order valence-electron chi connectivity index (χ4n) is 2.84. The van der Waals surface area contributed by atoms with Gasteiger partial charge in [0.2, 0.25) is 0 Å². The van der Waals surface area contributed by atoms with Crippen LogP contribution in [0.3, 0.4) is 0 Å². The van der Waals surface area contributed by atoms with Crippen molar-refractivity contribution in [3.63, 3.8) is 0 Å². The van der Waals surface area contributed by atoms with E-state index in [1.165, 1.54) is 7.11 Å². The molecule has 31 heavy (non-hydrogen) atoms. The number of aryl methyl sites for hydroxylation is 1. The number of nitrogens with one attached hydrogen (secondary N) is 1. The van der Waals surface area contributed by atoms with Crippen molar-refractivity contribution < 1.29 is 19.0 Å². The van der Waals surface area contributed by atoms with Gasteiger partial charge in [0, 0.05) is 4.47 Å². The van der Waals surface area contributed by atoms with Crippen molar-refractivity contribution >= 4 is 28.1 Å². The second-order valence-corrected chi connectivity index (χ2v) is 7.64. The first-order valence-electron chi connectivity index (χ1n) is 9.53. The molecule has 160 valence electrons. The number of ether oxygens (including phenoxy) is 3. The van der Waals surface area contributed by atoms with Gasteiger partial charge in [0.15, 0.2) is 11.5 Å². The highest BCUT2D eigenvalue weighted by Crippen LogP contribution is 2.28. The van der Waals surface area contributed by atoms with E-state index in [4.69, 9.17) is 14.2 Å². The summed E-state index contributed by atoms with van der Waals surface area (Å²) in [7, 11) is 3.12. The molecule has 0 aromatic heterocycles. The van der Waals surface area contributed by atoms with Gasteiger partial charge in [-0.3, -0.25) is 4.79 Å². The van der Waals surface area contributed by atoms with Crippen LogP contribution in [0.1, 0.15) is 27.0 Å². The van der Waals surface area contributed by atoms with E-state index >= 15 is 0 Å². The molecule has 1 amide bonds. The number of amides is 1. The number of methoxy groups -OCH3 is 2. The van der Waals surface area contributed by atoms with Crippen molar-refractivity contribution in [3.8, 4) is 17.2 Å². The maximum absolute atomic E-state index is 12.4. The quantitative estimate of drug-likeness (QED) is 0.357. The van der Waals surface area contributed by atoms with Gasteiger partial charge in [-0.05, 0) is 66.1 Å². The van der Waals surface area contributed by atoms with Gasteiger partial charge in [0.25, 0.3) is 5.91 Å². The molecular weight excluding hydrogens is 460 g/mol. The lowest BCUT2D eigenvalue weighted by Gasteiger charge is -2.11. The molecule has 6 nitrogen and oxygen atoms in total. The number of carbonyl (C=O) groups is 1. The molecule has 0 saturated carbocycles. The first-order valence-corrected chi connectivity index (χ1v) is 10.3. The van der Waals surface area contributed by atoms with E-state index < -0.39 is 0 Å². The van der Waals surface area contributed by atoms with Crippen LogP contribution < -0.4 is 19.6 Å². The summed E-state index contributed by atoms with van der Waals surface area (Å²) in [6.07, 6.45) is 1.55. The van der Waals surface area contributed by atoms with Crippen molar-refractivity contribution in [1.29, 1.82) is 0 Å². The van der Waals surface area contributed by atoms with Crippen LogP contribution in [0.25, 0.3) is 0 Å². The van der Waals surface area contributed by atoms with Crippen LogP contribution in [0.2, 0.25) is 0 Å². The molecule has 1 N–H and O–H groups in total. The largest absolute Gasteiger partial charge is 0.496 e. The highest BCUT2D eigenvalue weighted by molar-refractivity contribution is 9.10. The lowest BCUT2D eigenvalue weighted by atomic mass is 10.1. The van der Waals surface area contributed by atoms with Crippen LogP contribution in [0.5, 0.6) is 17.2 Å². The molecule has 0 unspecified atom stereocenters. The Hall–Kier alpha value is -3.32. The number of hydrazone groups is 1. The SMILES string of the molecule is COc1ccc(C=NNC(=O)c2ccc(C)cc2OC)cc1OCc1ccc(Br)cc1. The Kier molecular flexibility index (Phi) is 7.67. The molecule has 3 aromatic rings. The maximum Gasteiger partial charge on any atom is 0.275 e. The minimum atomic E-state index is -0.353. The second-order valence-electron chi connectivity index (χ2n) is 6.73. The maximum atomic E-state index is 12.4. The number of rotatable bonds is 8. The van der Waals surface area contributed by atoms with Gasteiger partial charge < -0.3 is 14.2 Å². The molecule has 3 rings (SSSR count). The summed E-state index contributed by atoms with van der Waals surface area (Å²) < 4.78 is 17.6. The number of hydrogen-bond acceptors (Lipinski definition) is 5. The van der Waals surface area contributed by atoms with Crippen LogP contribution >= 0.6 is 15.9 Å². The third kappa shape index (κ3) is 6.08. The lowest BCUT2D eigenvalue weighted by molar-refractivity contribution is 0.0952. The van der Waals surface area contributed by atoms with E-state index in [1.54, 1.807) is 37.6 Å². The van der Waals surface area contributed by atoms with Gasteiger partial charge in [0.05, 0.1) is 26.0 Å². The Morgan fingerprint density at radius 1 is 0.968 bits per heavy atom. The molecule has 0 fully saturated rings. The molecule has 0 heterocycles. The van der Waals surface area contributed by atoms with E-state index in [0.717, 1.165) is 21.2 Å². The average Bonchev–Trinajstić information content (AvgIpc) is 2.78. The van der Waals surface area contributed by atoms with Crippen molar-refractivity contribution in [3.05, 3.63) is 87.4 Å². The Labute approximate surface area is 190 Å². The van der Waals surface area contributed by atoms with Gasteiger partial charge in [0.1, 0.15) is 12.4 Å². The van der Waals surface area contributed by atoms with Crippen molar-refractivity contribution in [1.82, 2.24) is 5.43 Å². The van der Waals surface area contributed by atoms with Crippen LogP contribution in [-0.2, 0) is 6.61 Å². The molecule has 0 saturated heterocycles. The van der Waals surface area contributed by atoms with E-state index in [9.17, 15) is 4.79 Å². The molecule has 0 aliphatic carbocycles. The van der Waals surface area contributed by atoms with Crippen LogP contribution in [-0.4, -0.2) is 26.3 Å². The molecule has 0 radical (unpaired) electrons. The van der Waals surface area contributed by atoms with Crippen LogP contribution in [0.4, 0.5) is 0 Å². The number of halogens is 1. The molecule has 7 heteroatoms. The monoisotopic (exact) mass is 482 g/mol. The zero-order valence-electron chi connectivity index (χ0n) is 17.5. The van der Waals surface area contributed by atoms with Gasteiger partial charge in [-0.15, -0.1) is 0 Å². The number of hydrogen-bond donors (Lipinski definition) is 1. The number of nitrogens with zero attached hydrogens (tertiary/aromatic N) is 1. The predicted octanol–water partition coefficient (Wildman–Crippen LogP) is 5.12. The standard InChI is InChI=1S/C24H23BrN2O4/c1-16-4-10-20(22(12-16)30-3)24(28)27-26-14-18-7-11-21(29-2)23(13-18)31-15-17-5-8-19(25)9-6-17/h4-14H,15H2,1-3H3,(H,27,28). The molecule has 0 spiro atoms. The van der Waals surface area contributed by atoms with E-state index in [-0.39, 0.29) is 5.91 Å². The highest BCUT2D eigenvalue weighted by atomic mass is 79.9. The zero-order valence-corrected chi connectivity index (χ0v) is 19.1. The van der Waals surface area contributed by atoms with E-state index in [2.05, 4.69) is 26.5 Å². The summed E-state index contributed by atoms with van der Waals surface area (Å²) in [6.45, 7) is 2.33. The minimum Gasteiger partial charge on any atom is -0.496 e. The van der Waals surface area contributed by atoms with E-state index in [1.807, 2.05) is 43.3 Å². The molecule has 0 aliphatic heterocycles. The van der Waals surface area contributed by atoms with Crippen molar-refractivity contribution in [2.24, 2.45) is 5.10 Å². The Balaban J connectivity index is 1.68.